The summed E-state index contributed by atoms with van der Waals surface area (Å²) in [5.41, 5.74) is 0. The van der Waals surface area contributed by atoms with E-state index in [0.717, 1.165) is 32.0 Å². The largest absolute Gasteiger partial charge is 0.325 e. The molecule has 3 nitrogen and oxygen atoms in total. The minimum atomic E-state index is 0.270. The third kappa shape index (κ3) is 3.39. The molecule has 0 aromatic heterocycles. The molecule has 0 atom stereocenters. The summed E-state index contributed by atoms with van der Waals surface area (Å²) < 4.78 is 0. The van der Waals surface area contributed by atoms with E-state index in [2.05, 4.69) is 18.7 Å². The van der Waals surface area contributed by atoms with Gasteiger partial charge in [-0.1, -0.05) is 32.1 Å². The molecule has 0 unspecified atom stereocenters. The second kappa shape index (κ2) is 6.44. The molecule has 2 rings (SSSR count). The van der Waals surface area contributed by atoms with Gasteiger partial charge < -0.3 is 9.80 Å². The van der Waals surface area contributed by atoms with E-state index in [1.54, 1.807) is 0 Å². The van der Waals surface area contributed by atoms with E-state index < -0.39 is 0 Å². The van der Waals surface area contributed by atoms with Crippen LogP contribution in [0.25, 0.3) is 0 Å². The topological polar surface area (TPSA) is 23.6 Å². The van der Waals surface area contributed by atoms with Crippen molar-refractivity contribution in [2.24, 2.45) is 5.92 Å². The van der Waals surface area contributed by atoms with Crippen molar-refractivity contribution in [2.75, 3.05) is 19.6 Å². The Labute approximate surface area is 112 Å². The van der Waals surface area contributed by atoms with Crippen molar-refractivity contribution in [1.29, 1.82) is 0 Å². The van der Waals surface area contributed by atoms with E-state index in [1.165, 1.54) is 38.5 Å². The maximum Gasteiger partial charge on any atom is 0.320 e. The fraction of sp³-hybridized carbons (Fsp3) is 0.933. The molecule has 0 aromatic rings. The number of rotatable bonds is 4. The van der Waals surface area contributed by atoms with E-state index in [-0.39, 0.29) is 6.03 Å². The standard InChI is InChI=1S/C15H28N2O/c1-13(2)17-11-6-10-16(15(17)18)12-9-14-7-4-3-5-8-14/h13-14H,3-12H2,1-2H3. The number of hydrogen-bond acceptors (Lipinski definition) is 1. The van der Waals surface area contributed by atoms with Gasteiger partial charge in [-0.25, -0.2) is 4.79 Å². The summed E-state index contributed by atoms with van der Waals surface area (Å²) in [4.78, 5) is 16.4. The number of nitrogens with zero attached hydrogens (tertiary/aromatic N) is 2. The van der Waals surface area contributed by atoms with Crippen molar-refractivity contribution in [2.45, 2.75) is 64.8 Å². The van der Waals surface area contributed by atoms with E-state index >= 15 is 0 Å². The lowest BCUT2D eigenvalue weighted by molar-refractivity contribution is 0.111. The fourth-order valence-corrected chi connectivity index (χ4v) is 3.31. The van der Waals surface area contributed by atoms with Gasteiger partial charge in [0, 0.05) is 25.7 Å². The molecule has 2 aliphatic rings. The van der Waals surface area contributed by atoms with Crippen LogP contribution in [-0.2, 0) is 0 Å². The van der Waals surface area contributed by atoms with Crippen LogP contribution in [-0.4, -0.2) is 41.5 Å². The summed E-state index contributed by atoms with van der Waals surface area (Å²) in [6.07, 6.45) is 9.34. The van der Waals surface area contributed by atoms with E-state index in [0.29, 0.717) is 6.04 Å². The van der Waals surface area contributed by atoms with Gasteiger partial charge in [0.1, 0.15) is 0 Å². The Morgan fingerprint density at radius 1 is 1.11 bits per heavy atom. The van der Waals surface area contributed by atoms with Gasteiger partial charge in [-0.2, -0.15) is 0 Å². The minimum absolute atomic E-state index is 0.270. The highest BCUT2D eigenvalue weighted by atomic mass is 16.2. The SMILES string of the molecule is CC(C)N1CCCN(CCC2CCCCC2)C1=O. The van der Waals surface area contributed by atoms with Crippen molar-refractivity contribution in [3.8, 4) is 0 Å². The van der Waals surface area contributed by atoms with Crippen molar-refractivity contribution in [1.82, 2.24) is 9.80 Å². The van der Waals surface area contributed by atoms with Crippen LogP contribution >= 0.6 is 0 Å². The molecule has 1 saturated heterocycles. The van der Waals surface area contributed by atoms with Crippen LogP contribution in [0.4, 0.5) is 4.79 Å². The van der Waals surface area contributed by atoms with Crippen LogP contribution < -0.4 is 0 Å². The molecule has 0 bridgehead atoms. The highest BCUT2D eigenvalue weighted by molar-refractivity contribution is 5.75. The van der Waals surface area contributed by atoms with Crippen molar-refractivity contribution in [3.05, 3.63) is 0 Å². The zero-order chi connectivity index (χ0) is 13.0. The first-order valence-corrected chi connectivity index (χ1v) is 7.74. The molecule has 0 radical (unpaired) electrons. The molecule has 0 N–H and O–H groups in total. The van der Waals surface area contributed by atoms with Gasteiger partial charge in [0.2, 0.25) is 0 Å². The van der Waals surface area contributed by atoms with Crippen LogP contribution in [0, 0.1) is 5.92 Å². The molecular weight excluding hydrogens is 224 g/mol. The monoisotopic (exact) mass is 252 g/mol. The molecule has 0 aromatic carbocycles. The first-order chi connectivity index (χ1) is 8.68. The van der Waals surface area contributed by atoms with Gasteiger partial charge in [0.25, 0.3) is 0 Å². The zero-order valence-electron chi connectivity index (χ0n) is 12.0. The number of hydrogen-bond donors (Lipinski definition) is 0. The minimum Gasteiger partial charge on any atom is -0.325 e. The average Bonchev–Trinajstić information content (AvgIpc) is 2.38. The van der Waals surface area contributed by atoms with Gasteiger partial charge in [-0.05, 0) is 32.6 Å². The van der Waals surface area contributed by atoms with Crippen LogP contribution in [0.2, 0.25) is 0 Å². The summed E-state index contributed by atoms with van der Waals surface area (Å²) in [5.74, 6) is 0.876. The maximum absolute atomic E-state index is 12.3. The first-order valence-electron chi connectivity index (χ1n) is 7.74. The average molecular weight is 252 g/mol. The highest BCUT2D eigenvalue weighted by Gasteiger charge is 2.27. The highest BCUT2D eigenvalue weighted by Crippen LogP contribution is 2.27. The van der Waals surface area contributed by atoms with Gasteiger partial charge in [-0.3, -0.25) is 0 Å². The van der Waals surface area contributed by atoms with E-state index in [1.807, 2.05) is 4.90 Å². The summed E-state index contributed by atoms with van der Waals surface area (Å²) in [6.45, 7) is 7.11. The van der Waals surface area contributed by atoms with E-state index in [4.69, 9.17) is 0 Å². The lowest BCUT2D eigenvalue weighted by Gasteiger charge is -2.38. The van der Waals surface area contributed by atoms with Gasteiger partial charge >= 0.3 is 6.03 Å². The predicted octanol–water partition coefficient (Wildman–Crippen LogP) is 3.49. The molecular formula is C15H28N2O. The van der Waals surface area contributed by atoms with Gasteiger partial charge in [0.05, 0.1) is 0 Å². The fourth-order valence-electron chi connectivity index (χ4n) is 3.31. The lowest BCUT2D eigenvalue weighted by Crippen LogP contribution is -2.52. The molecule has 1 aliphatic heterocycles. The van der Waals surface area contributed by atoms with Gasteiger partial charge in [-0.15, -0.1) is 0 Å². The Balaban J connectivity index is 1.79. The van der Waals surface area contributed by atoms with Crippen molar-refractivity contribution < 1.29 is 4.79 Å². The second-order valence-corrected chi connectivity index (χ2v) is 6.20. The maximum atomic E-state index is 12.3. The summed E-state index contributed by atoms with van der Waals surface area (Å²) >= 11 is 0. The van der Waals surface area contributed by atoms with Gasteiger partial charge in [0.15, 0.2) is 0 Å². The van der Waals surface area contributed by atoms with Crippen LogP contribution in [0.3, 0.4) is 0 Å². The Hall–Kier alpha value is -0.730. The molecule has 1 saturated carbocycles. The van der Waals surface area contributed by atoms with Crippen LogP contribution in [0.5, 0.6) is 0 Å². The Morgan fingerprint density at radius 3 is 2.50 bits per heavy atom. The Bertz CT molecular complexity index is 272. The quantitative estimate of drug-likeness (QED) is 0.751. The third-order valence-corrected chi connectivity index (χ3v) is 4.50. The van der Waals surface area contributed by atoms with Crippen molar-refractivity contribution >= 4 is 6.03 Å². The summed E-state index contributed by atoms with van der Waals surface area (Å²) in [7, 11) is 0. The lowest BCUT2D eigenvalue weighted by atomic mass is 9.87. The number of carbonyl (C=O) groups is 1. The molecule has 0 spiro atoms. The number of carbonyl (C=O) groups excluding carboxylic acids is 1. The van der Waals surface area contributed by atoms with E-state index in [9.17, 15) is 4.79 Å². The molecule has 104 valence electrons. The Morgan fingerprint density at radius 2 is 1.83 bits per heavy atom. The zero-order valence-corrected chi connectivity index (χ0v) is 12.0. The van der Waals surface area contributed by atoms with Crippen LogP contribution in [0.1, 0.15) is 58.8 Å². The molecule has 2 fully saturated rings. The summed E-state index contributed by atoms with van der Waals surface area (Å²) in [5, 5.41) is 0. The molecule has 1 heterocycles. The van der Waals surface area contributed by atoms with Crippen LogP contribution in [0.15, 0.2) is 0 Å². The molecule has 1 aliphatic carbocycles. The molecule has 2 amide bonds. The molecule has 18 heavy (non-hydrogen) atoms. The summed E-state index contributed by atoms with van der Waals surface area (Å²) in [6, 6.07) is 0.613. The third-order valence-electron chi connectivity index (χ3n) is 4.50. The predicted molar refractivity (Wildman–Crippen MR) is 74.6 cm³/mol. The number of amides is 2. The normalized spacial score (nSPS) is 22.9. The second-order valence-electron chi connectivity index (χ2n) is 6.20. The first kappa shape index (κ1) is 13.7. The van der Waals surface area contributed by atoms with Crippen molar-refractivity contribution in [3.63, 3.8) is 0 Å². The molecule has 3 heteroatoms. The number of urea groups is 1. The smallest absolute Gasteiger partial charge is 0.320 e. The Kier molecular flexibility index (Phi) is 4.90.